The molecule has 1 rings (SSSR count). The third kappa shape index (κ3) is 5.06. The maximum Gasteiger partial charge on any atom is 0.179 e. The molecule has 0 saturated heterocycles. The van der Waals surface area contributed by atoms with E-state index in [0.717, 1.165) is 38.0 Å². The fourth-order valence-corrected chi connectivity index (χ4v) is 2.44. The molecular weight excluding hydrogens is 248 g/mol. The Morgan fingerprint density at radius 3 is 2.20 bits per heavy atom. The van der Waals surface area contributed by atoms with Crippen LogP contribution in [0.25, 0.3) is 0 Å². The summed E-state index contributed by atoms with van der Waals surface area (Å²) in [5.41, 5.74) is 0.824. The van der Waals surface area contributed by atoms with Gasteiger partial charge in [-0.05, 0) is 33.5 Å². The first kappa shape index (κ1) is 16.9. The molecule has 1 aromatic carbocycles. The topological polar surface area (TPSA) is 23.6 Å². The molecule has 112 valence electrons. The van der Waals surface area contributed by atoms with Crippen LogP contribution >= 0.6 is 0 Å². The Labute approximate surface area is 123 Å². The summed E-state index contributed by atoms with van der Waals surface area (Å²) in [4.78, 5) is 17.2. The number of benzene rings is 1. The number of likely N-dealkylation sites (N-methyl/N-ethyl adjacent to an activating group) is 1. The van der Waals surface area contributed by atoms with Gasteiger partial charge >= 0.3 is 0 Å². The van der Waals surface area contributed by atoms with Crippen molar-refractivity contribution in [2.24, 2.45) is 0 Å². The normalized spacial score (nSPS) is 12.9. The first-order valence-electron chi connectivity index (χ1n) is 7.58. The average Bonchev–Trinajstić information content (AvgIpc) is 2.46. The maximum absolute atomic E-state index is 12.7. The van der Waals surface area contributed by atoms with Crippen molar-refractivity contribution in [2.45, 2.75) is 32.7 Å². The number of carbonyl (C=O) groups is 1. The molecular formula is C17H28N2O. The molecule has 20 heavy (non-hydrogen) atoms. The van der Waals surface area contributed by atoms with Crippen molar-refractivity contribution in [3.63, 3.8) is 0 Å². The van der Waals surface area contributed by atoms with Crippen LogP contribution in [-0.2, 0) is 0 Å². The predicted octanol–water partition coefficient (Wildman–Crippen LogP) is 2.92. The van der Waals surface area contributed by atoms with E-state index < -0.39 is 0 Å². The molecule has 0 amide bonds. The van der Waals surface area contributed by atoms with Gasteiger partial charge in [0.1, 0.15) is 0 Å². The first-order valence-corrected chi connectivity index (χ1v) is 7.58. The van der Waals surface area contributed by atoms with E-state index in [0.29, 0.717) is 0 Å². The molecule has 0 N–H and O–H groups in total. The van der Waals surface area contributed by atoms with E-state index >= 15 is 0 Å². The van der Waals surface area contributed by atoms with Crippen molar-refractivity contribution >= 4 is 5.78 Å². The molecule has 0 aliphatic carbocycles. The molecule has 0 spiro atoms. The molecule has 0 aliphatic rings. The lowest BCUT2D eigenvalue weighted by Crippen LogP contribution is -2.44. The zero-order valence-electron chi connectivity index (χ0n) is 13.3. The Balaban J connectivity index is 2.81. The second kappa shape index (κ2) is 8.88. The summed E-state index contributed by atoms with van der Waals surface area (Å²) in [7, 11) is 4.15. The summed E-state index contributed by atoms with van der Waals surface area (Å²) in [6.45, 7) is 7.17. The van der Waals surface area contributed by atoms with Gasteiger partial charge in [0.25, 0.3) is 0 Å². The van der Waals surface area contributed by atoms with Gasteiger partial charge in [-0.1, -0.05) is 44.2 Å². The molecule has 0 aromatic heterocycles. The molecule has 3 heteroatoms. The highest BCUT2D eigenvalue weighted by Gasteiger charge is 2.24. The lowest BCUT2D eigenvalue weighted by Gasteiger charge is -2.30. The Bertz CT molecular complexity index is 389. The monoisotopic (exact) mass is 276 g/mol. The van der Waals surface area contributed by atoms with Gasteiger partial charge in [0.2, 0.25) is 0 Å². The van der Waals surface area contributed by atoms with Crippen molar-refractivity contribution in [2.75, 3.05) is 33.7 Å². The van der Waals surface area contributed by atoms with Crippen LogP contribution in [0.4, 0.5) is 0 Å². The third-order valence-electron chi connectivity index (χ3n) is 3.53. The Morgan fingerprint density at radius 1 is 1.05 bits per heavy atom. The summed E-state index contributed by atoms with van der Waals surface area (Å²) in [5.74, 6) is 0.250. The van der Waals surface area contributed by atoms with E-state index in [1.165, 1.54) is 0 Å². The Hall–Kier alpha value is -1.19. The van der Waals surface area contributed by atoms with Crippen molar-refractivity contribution in [1.29, 1.82) is 0 Å². The number of Topliss-reactive ketones (excluding diaryl/α,β-unsaturated/α-hetero) is 1. The fraction of sp³-hybridized carbons (Fsp3) is 0.588. The first-order chi connectivity index (χ1) is 9.60. The largest absolute Gasteiger partial charge is 0.308 e. The molecule has 0 aliphatic heterocycles. The smallest absolute Gasteiger partial charge is 0.179 e. The average molecular weight is 276 g/mol. The summed E-state index contributed by atoms with van der Waals surface area (Å²) >= 11 is 0. The van der Waals surface area contributed by atoms with Gasteiger partial charge < -0.3 is 4.90 Å². The van der Waals surface area contributed by atoms with E-state index in [9.17, 15) is 4.79 Å². The van der Waals surface area contributed by atoms with Crippen LogP contribution in [0.5, 0.6) is 0 Å². The molecule has 0 saturated carbocycles. The Kier molecular flexibility index (Phi) is 7.48. The molecule has 0 bridgehead atoms. The standard InChI is InChI=1S/C17H28N2O/c1-5-12-19(14-13-18(3)4)16(6-2)17(20)15-10-8-7-9-11-15/h7-11,16H,5-6,12-14H2,1-4H3. The number of rotatable bonds is 9. The highest BCUT2D eigenvalue weighted by molar-refractivity contribution is 6.00. The molecule has 1 aromatic rings. The van der Waals surface area contributed by atoms with Gasteiger partial charge in [0.15, 0.2) is 5.78 Å². The van der Waals surface area contributed by atoms with Crippen LogP contribution in [0.15, 0.2) is 30.3 Å². The van der Waals surface area contributed by atoms with E-state index in [1.54, 1.807) is 0 Å². The minimum absolute atomic E-state index is 0.00250. The quantitative estimate of drug-likeness (QED) is 0.648. The molecule has 0 heterocycles. The van der Waals surface area contributed by atoms with Crippen molar-refractivity contribution < 1.29 is 4.79 Å². The van der Waals surface area contributed by atoms with Gasteiger partial charge in [-0.15, -0.1) is 0 Å². The molecule has 1 atom stereocenters. The van der Waals surface area contributed by atoms with Gasteiger partial charge in [-0.3, -0.25) is 9.69 Å². The second-order valence-corrected chi connectivity index (χ2v) is 5.49. The zero-order chi connectivity index (χ0) is 15.0. The van der Waals surface area contributed by atoms with E-state index in [-0.39, 0.29) is 11.8 Å². The van der Waals surface area contributed by atoms with E-state index in [4.69, 9.17) is 0 Å². The van der Waals surface area contributed by atoms with Gasteiger partial charge in [-0.2, -0.15) is 0 Å². The lowest BCUT2D eigenvalue weighted by molar-refractivity contribution is 0.0799. The van der Waals surface area contributed by atoms with Crippen LogP contribution in [-0.4, -0.2) is 55.4 Å². The highest BCUT2D eigenvalue weighted by atomic mass is 16.1. The number of hydrogen-bond donors (Lipinski definition) is 0. The van der Waals surface area contributed by atoms with Crippen LogP contribution in [0, 0.1) is 0 Å². The van der Waals surface area contributed by atoms with Crippen molar-refractivity contribution in [3.8, 4) is 0 Å². The highest BCUT2D eigenvalue weighted by Crippen LogP contribution is 2.13. The van der Waals surface area contributed by atoms with Gasteiger partial charge in [0.05, 0.1) is 6.04 Å². The SMILES string of the molecule is CCCN(CCN(C)C)C(CC)C(=O)c1ccccc1. The summed E-state index contributed by atoms with van der Waals surface area (Å²) < 4.78 is 0. The van der Waals surface area contributed by atoms with E-state index in [2.05, 4.69) is 37.7 Å². The number of nitrogens with zero attached hydrogens (tertiary/aromatic N) is 2. The minimum Gasteiger partial charge on any atom is -0.308 e. The number of carbonyl (C=O) groups excluding carboxylic acids is 1. The van der Waals surface area contributed by atoms with Crippen LogP contribution < -0.4 is 0 Å². The van der Waals surface area contributed by atoms with Crippen molar-refractivity contribution in [3.05, 3.63) is 35.9 Å². The zero-order valence-corrected chi connectivity index (χ0v) is 13.3. The second-order valence-electron chi connectivity index (χ2n) is 5.49. The predicted molar refractivity (Wildman–Crippen MR) is 85.3 cm³/mol. The maximum atomic E-state index is 12.7. The molecule has 0 radical (unpaired) electrons. The third-order valence-corrected chi connectivity index (χ3v) is 3.53. The Morgan fingerprint density at radius 2 is 1.70 bits per heavy atom. The molecule has 1 unspecified atom stereocenters. The molecule has 0 fully saturated rings. The van der Waals surface area contributed by atoms with Crippen LogP contribution in [0.2, 0.25) is 0 Å². The van der Waals surface area contributed by atoms with Crippen molar-refractivity contribution in [1.82, 2.24) is 9.80 Å². The summed E-state index contributed by atoms with van der Waals surface area (Å²) in [5, 5.41) is 0. The molecule has 3 nitrogen and oxygen atoms in total. The summed E-state index contributed by atoms with van der Waals surface area (Å²) in [6, 6.07) is 9.65. The van der Waals surface area contributed by atoms with Crippen LogP contribution in [0.3, 0.4) is 0 Å². The number of ketones is 1. The van der Waals surface area contributed by atoms with E-state index in [1.807, 2.05) is 30.3 Å². The minimum atomic E-state index is -0.00250. The lowest BCUT2D eigenvalue weighted by atomic mass is 10.0. The fourth-order valence-electron chi connectivity index (χ4n) is 2.44. The summed E-state index contributed by atoms with van der Waals surface area (Å²) in [6.07, 6.45) is 1.94. The number of hydrogen-bond acceptors (Lipinski definition) is 3. The van der Waals surface area contributed by atoms with Gasteiger partial charge in [0, 0.05) is 18.7 Å². The van der Waals surface area contributed by atoms with Crippen LogP contribution in [0.1, 0.15) is 37.0 Å². The van der Waals surface area contributed by atoms with Gasteiger partial charge in [-0.25, -0.2) is 0 Å².